The third-order valence-corrected chi connectivity index (χ3v) is 6.16. The van der Waals surface area contributed by atoms with Gasteiger partial charge < -0.3 is 5.32 Å². The highest BCUT2D eigenvalue weighted by Crippen LogP contribution is 2.25. The predicted octanol–water partition coefficient (Wildman–Crippen LogP) is 3.00. The van der Waals surface area contributed by atoms with Crippen LogP contribution in [0.1, 0.15) is 35.3 Å². The Morgan fingerprint density at radius 1 is 1.15 bits per heavy atom. The molecule has 1 aliphatic heterocycles. The summed E-state index contributed by atoms with van der Waals surface area (Å²) in [7, 11) is -3.33. The van der Waals surface area contributed by atoms with Gasteiger partial charge in [0.05, 0.1) is 17.5 Å². The van der Waals surface area contributed by atoms with E-state index in [0.29, 0.717) is 29.8 Å². The molecule has 1 N–H and O–H groups in total. The molecule has 0 spiro atoms. The highest BCUT2D eigenvalue weighted by molar-refractivity contribution is 7.93. The lowest BCUT2D eigenvalue weighted by Crippen LogP contribution is -2.28. The molecule has 26 heavy (non-hydrogen) atoms. The highest BCUT2D eigenvalue weighted by Gasteiger charge is 2.28. The van der Waals surface area contributed by atoms with E-state index >= 15 is 0 Å². The molecule has 138 valence electrons. The van der Waals surface area contributed by atoms with E-state index in [1.54, 1.807) is 25.1 Å². The van der Waals surface area contributed by atoms with Gasteiger partial charge in [-0.05, 0) is 49.2 Å². The predicted molar refractivity (Wildman–Crippen MR) is 94.4 cm³/mol. The van der Waals surface area contributed by atoms with Crippen LogP contribution in [0.3, 0.4) is 0 Å². The molecule has 2 aromatic carbocycles. The molecule has 0 saturated carbocycles. The summed E-state index contributed by atoms with van der Waals surface area (Å²) in [5.41, 5.74) is 1.16. The van der Waals surface area contributed by atoms with Gasteiger partial charge in [-0.15, -0.1) is 0 Å². The number of carbonyl (C=O) groups excluding carboxylic acids is 1. The quantitative estimate of drug-likeness (QED) is 0.887. The Balaban J connectivity index is 1.78. The number of carbonyl (C=O) groups is 1. The Kier molecular flexibility index (Phi) is 4.95. The fraction of sp³-hybridized carbons (Fsp3) is 0.278. The Labute approximate surface area is 150 Å². The zero-order valence-corrected chi connectivity index (χ0v) is 14.9. The molecule has 0 aromatic heterocycles. The van der Waals surface area contributed by atoms with Gasteiger partial charge in [-0.3, -0.25) is 9.10 Å². The first-order valence-electron chi connectivity index (χ1n) is 8.14. The van der Waals surface area contributed by atoms with Crippen LogP contribution in [0.15, 0.2) is 42.5 Å². The van der Waals surface area contributed by atoms with Crippen LogP contribution in [-0.4, -0.2) is 26.6 Å². The first kappa shape index (κ1) is 18.3. The van der Waals surface area contributed by atoms with E-state index in [-0.39, 0.29) is 5.75 Å². The molecule has 1 fully saturated rings. The molecular weight excluding hydrogens is 362 g/mol. The molecule has 1 saturated heterocycles. The second-order valence-corrected chi connectivity index (χ2v) is 8.17. The number of halogens is 2. The maximum Gasteiger partial charge on any atom is 0.251 e. The first-order chi connectivity index (χ1) is 12.3. The van der Waals surface area contributed by atoms with E-state index in [9.17, 15) is 22.0 Å². The van der Waals surface area contributed by atoms with E-state index < -0.39 is 33.6 Å². The Bertz CT molecular complexity index is 947. The number of hydrogen-bond acceptors (Lipinski definition) is 3. The summed E-state index contributed by atoms with van der Waals surface area (Å²) < 4.78 is 51.7. The summed E-state index contributed by atoms with van der Waals surface area (Å²) in [6.45, 7) is 2.04. The molecule has 0 unspecified atom stereocenters. The molecule has 1 atom stereocenters. The first-order valence-corrected chi connectivity index (χ1v) is 9.75. The lowest BCUT2D eigenvalue weighted by Gasteiger charge is -2.18. The van der Waals surface area contributed by atoms with Crippen molar-refractivity contribution in [2.24, 2.45) is 0 Å². The minimum absolute atomic E-state index is 0.0938. The van der Waals surface area contributed by atoms with Crippen LogP contribution in [0.5, 0.6) is 0 Å². The monoisotopic (exact) mass is 380 g/mol. The molecule has 1 heterocycles. The molecule has 2 aromatic rings. The van der Waals surface area contributed by atoms with Gasteiger partial charge in [0.1, 0.15) is 0 Å². The average Bonchev–Trinajstić information content (AvgIpc) is 2.96. The van der Waals surface area contributed by atoms with Gasteiger partial charge in [-0.2, -0.15) is 0 Å². The number of sulfonamides is 1. The number of benzene rings is 2. The van der Waals surface area contributed by atoms with Crippen LogP contribution >= 0.6 is 0 Å². The van der Waals surface area contributed by atoms with E-state index in [0.717, 1.165) is 12.1 Å². The average molecular weight is 380 g/mol. The van der Waals surface area contributed by atoms with Crippen molar-refractivity contribution < 1.29 is 22.0 Å². The van der Waals surface area contributed by atoms with E-state index in [1.807, 2.05) is 0 Å². The van der Waals surface area contributed by atoms with Gasteiger partial charge in [-0.1, -0.05) is 12.1 Å². The molecule has 1 amide bonds. The smallest absolute Gasteiger partial charge is 0.251 e. The number of hydrogen-bond donors (Lipinski definition) is 1. The van der Waals surface area contributed by atoms with E-state index in [2.05, 4.69) is 5.32 Å². The van der Waals surface area contributed by atoms with Crippen LogP contribution in [-0.2, 0) is 10.0 Å². The summed E-state index contributed by atoms with van der Waals surface area (Å²) >= 11 is 0. The lowest BCUT2D eigenvalue weighted by molar-refractivity contribution is 0.0940. The largest absolute Gasteiger partial charge is 0.346 e. The summed E-state index contributed by atoms with van der Waals surface area (Å²) in [4.78, 5) is 12.5. The minimum Gasteiger partial charge on any atom is -0.346 e. The maximum atomic E-state index is 13.3. The van der Waals surface area contributed by atoms with Crippen molar-refractivity contribution in [3.63, 3.8) is 0 Å². The summed E-state index contributed by atoms with van der Waals surface area (Å²) in [5.74, 6) is -2.27. The summed E-state index contributed by atoms with van der Waals surface area (Å²) in [5, 5.41) is 2.70. The Hall–Kier alpha value is -2.48. The second kappa shape index (κ2) is 7.03. The lowest BCUT2D eigenvalue weighted by atomic mass is 10.1. The van der Waals surface area contributed by atoms with Crippen LogP contribution < -0.4 is 9.62 Å². The SMILES string of the molecule is C[C@H](NC(=O)c1cccc(N2CCCS2(=O)=O)c1)c1ccc(F)c(F)c1. The van der Waals surface area contributed by atoms with E-state index in [1.165, 1.54) is 16.4 Å². The van der Waals surface area contributed by atoms with Crippen LogP contribution in [0.25, 0.3) is 0 Å². The van der Waals surface area contributed by atoms with Gasteiger partial charge in [0, 0.05) is 12.1 Å². The molecule has 0 aliphatic carbocycles. The molecule has 8 heteroatoms. The highest BCUT2D eigenvalue weighted by atomic mass is 32.2. The molecular formula is C18H18F2N2O3S. The maximum absolute atomic E-state index is 13.3. The molecule has 0 bridgehead atoms. The summed E-state index contributed by atoms with van der Waals surface area (Å²) in [6.07, 6.45) is 0.548. The fourth-order valence-corrected chi connectivity index (χ4v) is 4.43. The van der Waals surface area contributed by atoms with Crippen molar-refractivity contribution in [2.75, 3.05) is 16.6 Å². The van der Waals surface area contributed by atoms with Crippen molar-refractivity contribution >= 4 is 21.6 Å². The number of nitrogens with zero attached hydrogens (tertiary/aromatic N) is 1. The van der Waals surface area contributed by atoms with Gasteiger partial charge in [0.2, 0.25) is 10.0 Å². The zero-order valence-electron chi connectivity index (χ0n) is 14.1. The third-order valence-electron chi connectivity index (χ3n) is 4.29. The van der Waals surface area contributed by atoms with Crippen molar-refractivity contribution in [1.82, 2.24) is 5.32 Å². The van der Waals surface area contributed by atoms with Crippen molar-refractivity contribution in [3.8, 4) is 0 Å². The Morgan fingerprint density at radius 2 is 1.92 bits per heavy atom. The number of amides is 1. The normalized spacial score (nSPS) is 17.1. The van der Waals surface area contributed by atoms with Gasteiger partial charge in [-0.25, -0.2) is 17.2 Å². The minimum atomic E-state index is -3.33. The molecule has 5 nitrogen and oxygen atoms in total. The Morgan fingerprint density at radius 3 is 2.58 bits per heavy atom. The second-order valence-electron chi connectivity index (χ2n) is 6.16. The number of anilines is 1. The molecule has 0 radical (unpaired) electrons. The van der Waals surface area contributed by atoms with Gasteiger partial charge in [0.15, 0.2) is 11.6 Å². The van der Waals surface area contributed by atoms with Crippen LogP contribution in [0.2, 0.25) is 0 Å². The molecule has 3 rings (SSSR count). The third kappa shape index (κ3) is 3.70. The van der Waals surface area contributed by atoms with Crippen LogP contribution in [0.4, 0.5) is 14.5 Å². The standard InChI is InChI=1S/C18H18F2N2O3S/c1-12(13-6-7-16(19)17(20)11-13)21-18(23)14-4-2-5-15(10-14)22-8-3-9-26(22,24)25/h2,4-7,10-12H,3,8-9H2,1H3,(H,21,23)/t12-/m0/s1. The van der Waals surface area contributed by atoms with Crippen molar-refractivity contribution in [1.29, 1.82) is 0 Å². The van der Waals surface area contributed by atoms with Crippen molar-refractivity contribution in [2.45, 2.75) is 19.4 Å². The summed E-state index contributed by atoms with van der Waals surface area (Å²) in [6, 6.07) is 9.22. The van der Waals surface area contributed by atoms with Gasteiger partial charge >= 0.3 is 0 Å². The zero-order chi connectivity index (χ0) is 18.9. The van der Waals surface area contributed by atoms with Gasteiger partial charge in [0.25, 0.3) is 5.91 Å². The molecule has 1 aliphatic rings. The van der Waals surface area contributed by atoms with Crippen LogP contribution in [0, 0.1) is 11.6 Å². The fourth-order valence-electron chi connectivity index (χ4n) is 2.88. The number of nitrogens with one attached hydrogen (secondary N) is 1. The topological polar surface area (TPSA) is 66.5 Å². The number of rotatable bonds is 4. The van der Waals surface area contributed by atoms with E-state index in [4.69, 9.17) is 0 Å². The van der Waals surface area contributed by atoms with Crippen molar-refractivity contribution in [3.05, 3.63) is 65.2 Å².